The molecule has 1 fully saturated rings. The van der Waals surface area contributed by atoms with Gasteiger partial charge in [0, 0.05) is 7.05 Å². The van der Waals surface area contributed by atoms with Crippen LogP contribution in [0.3, 0.4) is 0 Å². The van der Waals surface area contributed by atoms with E-state index >= 15 is 0 Å². The summed E-state index contributed by atoms with van der Waals surface area (Å²) in [6, 6.07) is 0. The number of nitrogens with one attached hydrogen (secondary N) is 2. The highest BCUT2D eigenvalue weighted by atomic mass is 16.5. The molecule has 0 amide bonds. The molecule has 3 rings (SSSR count). The molecule has 0 aromatic carbocycles. The minimum atomic E-state index is 0.533. The molecule has 1 aliphatic rings. The van der Waals surface area contributed by atoms with Crippen LogP contribution in [0.4, 0.5) is 5.95 Å². The standard InChI is InChI=1S/C10H13N5O/c1-11-10-14-8-7(12-5-13-8)9(15-10)16-4-6-2-3-6/h5-6H,2-4H2,1H3,(H2,11,12,13,14,15). The smallest absolute Gasteiger partial charge is 0.245 e. The third-order valence-electron chi connectivity index (χ3n) is 2.63. The van der Waals surface area contributed by atoms with Gasteiger partial charge in [-0.3, -0.25) is 0 Å². The molecular weight excluding hydrogens is 206 g/mol. The van der Waals surface area contributed by atoms with Crippen molar-refractivity contribution >= 4 is 17.1 Å². The number of aromatic nitrogens is 4. The fraction of sp³-hybridized carbons (Fsp3) is 0.500. The zero-order valence-corrected chi connectivity index (χ0v) is 9.03. The van der Waals surface area contributed by atoms with E-state index in [2.05, 4.69) is 25.3 Å². The molecule has 2 aromatic heterocycles. The molecule has 0 aliphatic heterocycles. The molecular formula is C10H13N5O. The molecule has 6 nitrogen and oxygen atoms in total. The SMILES string of the molecule is CNc1nc(OCC2CC2)c2[nH]cnc2n1. The average molecular weight is 219 g/mol. The van der Waals surface area contributed by atoms with Crippen molar-refractivity contribution in [3.63, 3.8) is 0 Å². The minimum Gasteiger partial charge on any atom is -0.476 e. The molecule has 1 saturated carbocycles. The molecule has 84 valence electrons. The number of anilines is 1. The van der Waals surface area contributed by atoms with Crippen LogP contribution in [0.5, 0.6) is 5.88 Å². The first-order valence-corrected chi connectivity index (χ1v) is 5.38. The van der Waals surface area contributed by atoms with Crippen LogP contribution in [0.2, 0.25) is 0 Å². The summed E-state index contributed by atoms with van der Waals surface area (Å²) in [7, 11) is 1.78. The monoisotopic (exact) mass is 219 g/mol. The Kier molecular flexibility index (Phi) is 2.12. The molecule has 0 atom stereocenters. The second-order valence-electron chi connectivity index (χ2n) is 3.96. The van der Waals surface area contributed by atoms with Gasteiger partial charge in [-0.25, -0.2) is 4.98 Å². The molecule has 2 N–H and O–H groups in total. The van der Waals surface area contributed by atoms with E-state index in [1.165, 1.54) is 12.8 Å². The highest BCUT2D eigenvalue weighted by molar-refractivity contribution is 5.76. The van der Waals surface area contributed by atoms with Crippen LogP contribution in [0, 0.1) is 5.92 Å². The van der Waals surface area contributed by atoms with E-state index in [4.69, 9.17) is 4.74 Å². The van der Waals surface area contributed by atoms with Crippen LogP contribution in [0.15, 0.2) is 6.33 Å². The predicted octanol–water partition coefficient (Wildman–Crippen LogP) is 1.18. The Bertz CT molecular complexity index is 505. The highest BCUT2D eigenvalue weighted by Gasteiger charge is 2.23. The lowest BCUT2D eigenvalue weighted by atomic mass is 10.4. The maximum atomic E-state index is 5.68. The van der Waals surface area contributed by atoms with Gasteiger partial charge in [-0.2, -0.15) is 9.97 Å². The van der Waals surface area contributed by atoms with Crippen LogP contribution >= 0.6 is 0 Å². The second-order valence-corrected chi connectivity index (χ2v) is 3.96. The average Bonchev–Trinajstić information content (AvgIpc) is 3.02. The number of fused-ring (bicyclic) bond motifs is 1. The molecule has 2 aromatic rings. The molecule has 6 heteroatoms. The number of H-pyrrole nitrogens is 1. The summed E-state index contributed by atoms with van der Waals surface area (Å²) in [5.41, 5.74) is 1.39. The van der Waals surface area contributed by atoms with Gasteiger partial charge < -0.3 is 15.0 Å². The third kappa shape index (κ3) is 1.66. The minimum absolute atomic E-state index is 0.533. The Balaban J connectivity index is 1.94. The lowest BCUT2D eigenvalue weighted by molar-refractivity contribution is 0.292. The molecule has 0 radical (unpaired) electrons. The first-order valence-electron chi connectivity index (χ1n) is 5.38. The Hall–Kier alpha value is -1.85. The number of rotatable bonds is 4. The van der Waals surface area contributed by atoms with E-state index in [9.17, 15) is 0 Å². The quantitative estimate of drug-likeness (QED) is 0.807. The van der Waals surface area contributed by atoms with Gasteiger partial charge in [0.2, 0.25) is 11.8 Å². The first-order chi connectivity index (χ1) is 7.86. The van der Waals surface area contributed by atoms with Gasteiger partial charge in [0.15, 0.2) is 5.65 Å². The van der Waals surface area contributed by atoms with E-state index in [0.29, 0.717) is 23.4 Å². The van der Waals surface area contributed by atoms with Crippen molar-refractivity contribution in [2.75, 3.05) is 19.0 Å². The van der Waals surface area contributed by atoms with Crippen molar-refractivity contribution in [3.05, 3.63) is 6.33 Å². The number of hydrogen-bond donors (Lipinski definition) is 2. The van der Waals surface area contributed by atoms with Gasteiger partial charge in [-0.1, -0.05) is 0 Å². The summed E-state index contributed by atoms with van der Waals surface area (Å²) in [6.45, 7) is 0.730. The lowest BCUT2D eigenvalue weighted by Gasteiger charge is -2.06. The number of aromatic amines is 1. The number of imidazole rings is 1. The summed E-state index contributed by atoms with van der Waals surface area (Å²) in [5.74, 6) is 1.81. The lowest BCUT2D eigenvalue weighted by Crippen LogP contribution is -2.04. The van der Waals surface area contributed by atoms with E-state index in [1.807, 2.05) is 0 Å². The van der Waals surface area contributed by atoms with Crippen LogP contribution in [-0.4, -0.2) is 33.6 Å². The second kappa shape index (κ2) is 3.62. The number of nitrogens with zero attached hydrogens (tertiary/aromatic N) is 3. The van der Waals surface area contributed by atoms with Crippen molar-refractivity contribution in [1.82, 2.24) is 19.9 Å². The molecule has 0 spiro atoms. The maximum Gasteiger partial charge on any atom is 0.245 e. The van der Waals surface area contributed by atoms with Crippen LogP contribution in [0.25, 0.3) is 11.2 Å². The summed E-state index contributed by atoms with van der Waals surface area (Å²) in [6.07, 6.45) is 4.12. The molecule has 0 saturated heterocycles. The Morgan fingerprint density at radius 3 is 3.12 bits per heavy atom. The largest absolute Gasteiger partial charge is 0.476 e. The normalized spacial score (nSPS) is 15.3. The van der Waals surface area contributed by atoms with Gasteiger partial charge in [0.25, 0.3) is 0 Å². The van der Waals surface area contributed by atoms with E-state index in [-0.39, 0.29) is 0 Å². The topological polar surface area (TPSA) is 75.7 Å². The van der Waals surface area contributed by atoms with E-state index in [1.54, 1.807) is 13.4 Å². The van der Waals surface area contributed by atoms with Crippen LogP contribution in [-0.2, 0) is 0 Å². The van der Waals surface area contributed by atoms with Crippen LogP contribution < -0.4 is 10.1 Å². The summed E-state index contributed by atoms with van der Waals surface area (Å²) >= 11 is 0. The third-order valence-corrected chi connectivity index (χ3v) is 2.63. The van der Waals surface area contributed by atoms with Crippen molar-refractivity contribution in [2.24, 2.45) is 5.92 Å². The Morgan fingerprint density at radius 1 is 1.50 bits per heavy atom. The van der Waals surface area contributed by atoms with E-state index in [0.717, 1.165) is 12.1 Å². The summed E-state index contributed by atoms with van der Waals surface area (Å²) in [5, 5.41) is 2.90. The van der Waals surface area contributed by atoms with Gasteiger partial charge in [-0.05, 0) is 18.8 Å². The molecule has 0 bridgehead atoms. The molecule has 2 heterocycles. The number of ether oxygens (including phenoxy) is 1. The summed E-state index contributed by atoms with van der Waals surface area (Å²) in [4.78, 5) is 15.6. The van der Waals surface area contributed by atoms with Gasteiger partial charge in [-0.15, -0.1) is 0 Å². The van der Waals surface area contributed by atoms with Crippen molar-refractivity contribution in [3.8, 4) is 5.88 Å². The fourth-order valence-corrected chi connectivity index (χ4v) is 1.50. The van der Waals surface area contributed by atoms with E-state index < -0.39 is 0 Å². The Labute approximate surface area is 92.5 Å². The molecule has 16 heavy (non-hydrogen) atoms. The van der Waals surface area contributed by atoms with Crippen molar-refractivity contribution < 1.29 is 4.74 Å². The van der Waals surface area contributed by atoms with Gasteiger partial charge >= 0.3 is 0 Å². The molecule has 0 unspecified atom stereocenters. The zero-order valence-electron chi connectivity index (χ0n) is 9.03. The number of hydrogen-bond acceptors (Lipinski definition) is 5. The predicted molar refractivity (Wildman–Crippen MR) is 59.4 cm³/mol. The zero-order chi connectivity index (χ0) is 11.0. The van der Waals surface area contributed by atoms with Crippen molar-refractivity contribution in [2.45, 2.75) is 12.8 Å². The highest BCUT2D eigenvalue weighted by Crippen LogP contribution is 2.30. The maximum absolute atomic E-state index is 5.68. The first kappa shape index (κ1) is 9.38. The fourth-order valence-electron chi connectivity index (χ4n) is 1.50. The summed E-state index contributed by atoms with van der Waals surface area (Å²) < 4.78 is 5.68. The van der Waals surface area contributed by atoms with Gasteiger partial charge in [0.1, 0.15) is 5.52 Å². The van der Waals surface area contributed by atoms with Crippen LogP contribution in [0.1, 0.15) is 12.8 Å². The van der Waals surface area contributed by atoms with Crippen molar-refractivity contribution in [1.29, 1.82) is 0 Å². The molecule has 1 aliphatic carbocycles. The van der Waals surface area contributed by atoms with Gasteiger partial charge in [0.05, 0.1) is 12.9 Å². The Morgan fingerprint density at radius 2 is 2.38 bits per heavy atom.